The van der Waals surface area contributed by atoms with Gasteiger partial charge in [0.15, 0.2) is 0 Å². The average Bonchev–Trinajstić information content (AvgIpc) is 3.37. The summed E-state index contributed by atoms with van der Waals surface area (Å²) in [6.07, 6.45) is 5.94. The quantitative estimate of drug-likeness (QED) is 0.337. The summed E-state index contributed by atoms with van der Waals surface area (Å²) >= 11 is 3.37. The molecule has 1 saturated heterocycles. The molecule has 0 spiro atoms. The highest BCUT2D eigenvalue weighted by molar-refractivity contribution is 9.10. The van der Waals surface area contributed by atoms with Gasteiger partial charge >= 0.3 is 0 Å². The van der Waals surface area contributed by atoms with Crippen molar-refractivity contribution < 1.29 is 14.7 Å². The van der Waals surface area contributed by atoms with Gasteiger partial charge in [0.05, 0.1) is 17.9 Å². The molecule has 1 aromatic heterocycles. The van der Waals surface area contributed by atoms with Gasteiger partial charge in [-0.2, -0.15) is 0 Å². The van der Waals surface area contributed by atoms with Crippen LogP contribution in [0.25, 0.3) is 5.76 Å². The molecule has 4 rings (SSSR count). The zero-order valence-corrected chi connectivity index (χ0v) is 17.7. The van der Waals surface area contributed by atoms with E-state index in [1.165, 1.54) is 0 Å². The Bertz CT molecular complexity index is 1080. The van der Waals surface area contributed by atoms with Crippen LogP contribution >= 0.6 is 15.9 Å². The van der Waals surface area contributed by atoms with E-state index in [2.05, 4.69) is 20.9 Å². The summed E-state index contributed by atoms with van der Waals surface area (Å²) in [5.74, 6) is -1.41. The van der Waals surface area contributed by atoms with Crippen LogP contribution in [0.15, 0.2) is 83.4 Å². The number of aliphatic hydroxyl groups is 1. The van der Waals surface area contributed by atoms with Gasteiger partial charge in [0.2, 0.25) is 0 Å². The van der Waals surface area contributed by atoms with Crippen molar-refractivity contribution in [2.45, 2.75) is 19.0 Å². The van der Waals surface area contributed by atoms with Gasteiger partial charge in [0.1, 0.15) is 5.76 Å². The van der Waals surface area contributed by atoms with Crippen molar-refractivity contribution in [3.05, 3.63) is 94.5 Å². The summed E-state index contributed by atoms with van der Waals surface area (Å²) in [6, 6.07) is 15.7. The van der Waals surface area contributed by atoms with Gasteiger partial charge < -0.3 is 14.6 Å². The van der Waals surface area contributed by atoms with Gasteiger partial charge in [-0.25, -0.2) is 4.98 Å². The second-order valence-corrected chi connectivity index (χ2v) is 7.98. The van der Waals surface area contributed by atoms with Gasteiger partial charge in [0.25, 0.3) is 11.7 Å². The number of carbonyl (C=O) groups is 2. The third-order valence-corrected chi connectivity index (χ3v) is 5.68. The van der Waals surface area contributed by atoms with Crippen LogP contribution in [0.4, 0.5) is 0 Å². The molecular formula is C23H20BrN3O3. The van der Waals surface area contributed by atoms with E-state index < -0.39 is 17.7 Å². The maximum atomic E-state index is 12.9. The predicted molar refractivity (Wildman–Crippen MR) is 116 cm³/mol. The molecule has 1 aliphatic rings. The second kappa shape index (κ2) is 8.67. The van der Waals surface area contributed by atoms with Gasteiger partial charge in [-0.3, -0.25) is 9.59 Å². The minimum atomic E-state index is -0.660. The predicted octanol–water partition coefficient (Wildman–Crippen LogP) is 4.16. The minimum absolute atomic E-state index is 0.121. The number of imidazole rings is 1. The molecule has 30 heavy (non-hydrogen) atoms. The molecule has 7 heteroatoms. The van der Waals surface area contributed by atoms with Crippen LogP contribution in [0.1, 0.15) is 23.6 Å². The number of amides is 1. The Balaban J connectivity index is 1.71. The molecule has 1 amide bonds. The molecular weight excluding hydrogens is 446 g/mol. The van der Waals surface area contributed by atoms with E-state index in [1.54, 1.807) is 41.7 Å². The van der Waals surface area contributed by atoms with Crippen molar-refractivity contribution in [2.24, 2.45) is 0 Å². The Labute approximate surface area is 182 Å². The Kier molecular flexibility index (Phi) is 5.81. The molecule has 1 N–H and O–H groups in total. The van der Waals surface area contributed by atoms with Crippen molar-refractivity contribution in [2.75, 3.05) is 6.54 Å². The number of benzene rings is 2. The molecule has 0 saturated carbocycles. The largest absolute Gasteiger partial charge is 0.507 e. The van der Waals surface area contributed by atoms with Crippen LogP contribution in [-0.2, 0) is 16.1 Å². The van der Waals surface area contributed by atoms with E-state index in [0.717, 1.165) is 10.0 Å². The number of Topliss-reactive ketones (excluding diaryl/α,β-unsaturated/α-hetero) is 1. The topological polar surface area (TPSA) is 75.4 Å². The average molecular weight is 466 g/mol. The number of carbonyl (C=O) groups excluding carboxylic acids is 2. The summed E-state index contributed by atoms with van der Waals surface area (Å²) in [6.45, 7) is 1.07. The normalized spacial score (nSPS) is 18.2. The highest BCUT2D eigenvalue weighted by atomic mass is 79.9. The van der Waals surface area contributed by atoms with Crippen LogP contribution in [0.2, 0.25) is 0 Å². The molecule has 0 radical (unpaired) electrons. The fraction of sp³-hybridized carbons (Fsp3) is 0.174. The highest BCUT2D eigenvalue weighted by Gasteiger charge is 2.45. The molecule has 0 aliphatic carbocycles. The summed E-state index contributed by atoms with van der Waals surface area (Å²) in [5.41, 5.74) is 1.41. The molecule has 2 heterocycles. The van der Waals surface area contributed by atoms with Crippen molar-refractivity contribution >= 4 is 33.4 Å². The number of likely N-dealkylation sites (tertiary alicyclic amines) is 1. The first kappa shape index (κ1) is 20.1. The van der Waals surface area contributed by atoms with Crippen molar-refractivity contribution in [1.29, 1.82) is 0 Å². The monoisotopic (exact) mass is 465 g/mol. The second-order valence-electron chi connectivity index (χ2n) is 7.06. The molecule has 2 aromatic carbocycles. The number of aryl methyl sites for hydroxylation is 1. The first-order chi connectivity index (χ1) is 14.6. The number of hydrogen-bond donors (Lipinski definition) is 1. The van der Waals surface area contributed by atoms with E-state index in [0.29, 0.717) is 25.1 Å². The lowest BCUT2D eigenvalue weighted by Crippen LogP contribution is -2.31. The van der Waals surface area contributed by atoms with E-state index in [9.17, 15) is 14.7 Å². The fourth-order valence-electron chi connectivity index (χ4n) is 3.70. The number of halogens is 1. The first-order valence-electron chi connectivity index (χ1n) is 9.61. The zero-order chi connectivity index (χ0) is 21.1. The molecule has 6 nitrogen and oxygen atoms in total. The van der Waals surface area contributed by atoms with Gasteiger partial charge in [-0.1, -0.05) is 58.4 Å². The third kappa shape index (κ3) is 3.93. The van der Waals surface area contributed by atoms with E-state index in [4.69, 9.17) is 0 Å². The fourth-order valence-corrected chi connectivity index (χ4v) is 3.96. The number of ketones is 1. The highest BCUT2D eigenvalue weighted by Crippen LogP contribution is 2.39. The van der Waals surface area contributed by atoms with Crippen molar-refractivity contribution in [3.8, 4) is 0 Å². The Morgan fingerprint density at radius 1 is 1.03 bits per heavy atom. The number of aliphatic hydroxyl groups excluding tert-OH is 1. The Hall–Kier alpha value is -3.19. The molecule has 1 aliphatic heterocycles. The molecule has 3 aromatic rings. The Morgan fingerprint density at radius 3 is 2.43 bits per heavy atom. The first-order valence-corrected chi connectivity index (χ1v) is 10.4. The summed E-state index contributed by atoms with van der Waals surface area (Å²) < 4.78 is 2.79. The van der Waals surface area contributed by atoms with Crippen molar-refractivity contribution in [3.63, 3.8) is 0 Å². The van der Waals surface area contributed by atoms with Gasteiger partial charge in [-0.15, -0.1) is 0 Å². The lowest BCUT2D eigenvalue weighted by molar-refractivity contribution is -0.139. The molecule has 1 fully saturated rings. The minimum Gasteiger partial charge on any atom is -0.507 e. The van der Waals surface area contributed by atoms with Crippen LogP contribution in [0.3, 0.4) is 0 Å². The molecule has 0 bridgehead atoms. The maximum absolute atomic E-state index is 12.9. The summed E-state index contributed by atoms with van der Waals surface area (Å²) in [4.78, 5) is 31.4. The van der Waals surface area contributed by atoms with E-state index in [-0.39, 0.29) is 11.3 Å². The van der Waals surface area contributed by atoms with Crippen LogP contribution in [0.5, 0.6) is 0 Å². The van der Waals surface area contributed by atoms with Crippen molar-refractivity contribution in [1.82, 2.24) is 14.5 Å². The number of nitrogens with zero attached hydrogens (tertiary/aromatic N) is 3. The molecule has 152 valence electrons. The van der Waals surface area contributed by atoms with Crippen LogP contribution in [0, 0.1) is 0 Å². The number of aromatic nitrogens is 2. The smallest absolute Gasteiger partial charge is 0.295 e. The van der Waals surface area contributed by atoms with E-state index >= 15 is 0 Å². The zero-order valence-electron chi connectivity index (χ0n) is 16.1. The summed E-state index contributed by atoms with van der Waals surface area (Å²) in [7, 11) is 0. The number of rotatable bonds is 6. The van der Waals surface area contributed by atoms with Crippen LogP contribution < -0.4 is 0 Å². The summed E-state index contributed by atoms with van der Waals surface area (Å²) in [5, 5.41) is 11.0. The number of hydrogen-bond acceptors (Lipinski definition) is 4. The van der Waals surface area contributed by atoms with Crippen LogP contribution in [-0.4, -0.2) is 37.8 Å². The maximum Gasteiger partial charge on any atom is 0.295 e. The molecule has 0 unspecified atom stereocenters. The third-order valence-electron chi connectivity index (χ3n) is 5.15. The van der Waals surface area contributed by atoms with Gasteiger partial charge in [0, 0.05) is 35.5 Å². The SMILES string of the molecule is O=C1C(=O)N(CCCn2ccnc2)[C@@H](c2ccccc2)/C1=C(\O)c1ccc(Br)cc1. The lowest BCUT2D eigenvalue weighted by atomic mass is 9.95. The Morgan fingerprint density at radius 2 is 1.77 bits per heavy atom. The standard InChI is InChI=1S/C23H20BrN3O3/c24-18-9-7-17(8-10-18)21(28)19-20(16-5-2-1-3-6-16)27(23(30)22(19)29)13-4-12-26-14-11-25-15-26/h1-3,5-11,14-15,20,28H,4,12-13H2/b21-19+/t20-/m0/s1. The lowest BCUT2D eigenvalue weighted by Gasteiger charge is -2.25. The van der Waals surface area contributed by atoms with E-state index in [1.807, 2.05) is 41.1 Å². The molecule has 1 atom stereocenters. The van der Waals surface area contributed by atoms with Gasteiger partial charge in [-0.05, 0) is 24.1 Å².